The molecule has 18 heavy (non-hydrogen) atoms. The van der Waals surface area contributed by atoms with Crippen LogP contribution in [0, 0.1) is 0 Å². The molecule has 0 aromatic heterocycles. The minimum Gasteiger partial charge on any atom is -0.432 e. The van der Waals surface area contributed by atoms with Crippen LogP contribution in [0.4, 0.5) is 4.79 Å². The van der Waals surface area contributed by atoms with E-state index in [9.17, 15) is 9.59 Å². The van der Waals surface area contributed by atoms with E-state index in [0.29, 0.717) is 6.42 Å². The van der Waals surface area contributed by atoms with E-state index in [2.05, 4.69) is 5.32 Å². The predicted molar refractivity (Wildman–Crippen MR) is 67.1 cm³/mol. The highest BCUT2D eigenvalue weighted by Gasteiger charge is 2.19. The van der Waals surface area contributed by atoms with Crippen LogP contribution in [-0.4, -0.2) is 30.3 Å². The minimum absolute atomic E-state index is 0.0165. The zero-order valence-corrected chi connectivity index (χ0v) is 11.2. The van der Waals surface area contributed by atoms with Crippen molar-refractivity contribution in [2.24, 2.45) is 0 Å². The van der Waals surface area contributed by atoms with Gasteiger partial charge in [0.25, 0.3) is 0 Å². The van der Waals surface area contributed by atoms with Gasteiger partial charge in [0.15, 0.2) is 0 Å². The van der Waals surface area contributed by atoms with Crippen molar-refractivity contribution in [2.45, 2.75) is 51.7 Å². The van der Waals surface area contributed by atoms with E-state index in [-0.39, 0.29) is 18.6 Å². The number of hydrogen-bond donors (Lipinski definition) is 1. The van der Waals surface area contributed by atoms with Gasteiger partial charge in [-0.2, -0.15) is 0 Å². The summed E-state index contributed by atoms with van der Waals surface area (Å²) in [7, 11) is 0. The van der Waals surface area contributed by atoms with Gasteiger partial charge in [-0.15, -0.1) is 0 Å². The Morgan fingerprint density at radius 1 is 1.50 bits per heavy atom. The third-order valence-corrected chi connectivity index (χ3v) is 2.26. The van der Waals surface area contributed by atoms with Gasteiger partial charge in [0.1, 0.15) is 12.2 Å². The number of ether oxygens (including phenoxy) is 2. The molecule has 1 heterocycles. The van der Waals surface area contributed by atoms with E-state index in [0.717, 1.165) is 12.8 Å². The molecular formula is C13H21NO4. The van der Waals surface area contributed by atoms with Gasteiger partial charge in [0.2, 0.25) is 5.91 Å². The first-order valence-corrected chi connectivity index (χ1v) is 6.18. The van der Waals surface area contributed by atoms with E-state index >= 15 is 0 Å². The lowest BCUT2D eigenvalue weighted by Gasteiger charge is -2.21. The highest BCUT2D eigenvalue weighted by atomic mass is 16.7. The van der Waals surface area contributed by atoms with Crippen molar-refractivity contribution in [1.29, 1.82) is 0 Å². The van der Waals surface area contributed by atoms with Crippen LogP contribution in [0.1, 0.15) is 40.0 Å². The fourth-order valence-electron chi connectivity index (χ4n) is 1.50. The number of rotatable bonds is 2. The number of allylic oxidation sites excluding steroid dienone is 1. The fourth-order valence-corrected chi connectivity index (χ4v) is 1.50. The number of hydrogen-bond acceptors (Lipinski definition) is 4. The summed E-state index contributed by atoms with van der Waals surface area (Å²) in [4.78, 5) is 22.8. The summed E-state index contributed by atoms with van der Waals surface area (Å²) in [5.74, 6) is -0.0165. The molecule has 0 saturated carbocycles. The zero-order valence-electron chi connectivity index (χ0n) is 11.2. The maximum Gasteiger partial charge on any atom is 0.508 e. The van der Waals surface area contributed by atoms with Crippen LogP contribution in [0.15, 0.2) is 12.2 Å². The molecule has 0 radical (unpaired) electrons. The molecule has 102 valence electrons. The van der Waals surface area contributed by atoms with Crippen LogP contribution in [-0.2, 0) is 14.3 Å². The van der Waals surface area contributed by atoms with Gasteiger partial charge in [-0.1, -0.05) is 12.2 Å². The first-order valence-electron chi connectivity index (χ1n) is 6.18. The fraction of sp³-hybridized carbons (Fsp3) is 0.692. The summed E-state index contributed by atoms with van der Waals surface area (Å²) < 4.78 is 9.99. The second-order valence-corrected chi connectivity index (χ2v) is 5.27. The Hall–Kier alpha value is -1.52. The monoisotopic (exact) mass is 255 g/mol. The van der Waals surface area contributed by atoms with Gasteiger partial charge in [0.05, 0.1) is 6.04 Å². The molecule has 0 bridgehead atoms. The van der Waals surface area contributed by atoms with E-state index in [1.54, 1.807) is 20.8 Å². The number of carbonyl (C=O) groups excluding carboxylic acids is 2. The van der Waals surface area contributed by atoms with Crippen molar-refractivity contribution in [1.82, 2.24) is 5.32 Å². The summed E-state index contributed by atoms with van der Waals surface area (Å²) >= 11 is 0. The Labute approximate surface area is 108 Å². The molecule has 1 atom stereocenters. The maximum atomic E-state index is 11.4. The molecule has 0 aromatic rings. The van der Waals surface area contributed by atoms with Crippen LogP contribution in [0.25, 0.3) is 0 Å². The number of amides is 1. The minimum atomic E-state index is -0.716. The van der Waals surface area contributed by atoms with Crippen molar-refractivity contribution in [2.75, 3.05) is 6.61 Å². The average Bonchev–Trinajstić information content (AvgIpc) is 2.18. The van der Waals surface area contributed by atoms with E-state index < -0.39 is 11.8 Å². The van der Waals surface area contributed by atoms with Gasteiger partial charge in [-0.3, -0.25) is 4.79 Å². The first-order chi connectivity index (χ1) is 8.37. The highest BCUT2D eigenvalue weighted by Crippen LogP contribution is 2.09. The third-order valence-electron chi connectivity index (χ3n) is 2.26. The van der Waals surface area contributed by atoms with Gasteiger partial charge < -0.3 is 14.8 Å². The Balaban J connectivity index is 2.38. The predicted octanol–water partition coefficient (Wildman–Crippen LogP) is 2.16. The molecule has 0 fully saturated rings. The lowest BCUT2D eigenvalue weighted by Crippen LogP contribution is -2.38. The Morgan fingerprint density at radius 2 is 2.22 bits per heavy atom. The van der Waals surface area contributed by atoms with Crippen LogP contribution < -0.4 is 5.32 Å². The van der Waals surface area contributed by atoms with Crippen LogP contribution in [0.3, 0.4) is 0 Å². The summed E-state index contributed by atoms with van der Waals surface area (Å²) in [6, 6.07) is -0.273. The molecule has 1 aliphatic heterocycles. The summed E-state index contributed by atoms with van der Waals surface area (Å²) in [5.41, 5.74) is -0.572. The summed E-state index contributed by atoms with van der Waals surface area (Å²) in [6.45, 7) is 5.40. The second kappa shape index (κ2) is 6.42. The quantitative estimate of drug-likeness (QED) is 0.606. The summed E-state index contributed by atoms with van der Waals surface area (Å²) in [6.07, 6.45) is 5.35. The Kier molecular flexibility index (Phi) is 5.19. The summed E-state index contributed by atoms with van der Waals surface area (Å²) in [5, 5.41) is 2.78. The topological polar surface area (TPSA) is 64.6 Å². The zero-order chi connectivity index (χ0) is 13.6. The molecule has 0 aromatic carbocycles. The van der Waals surface area contributed by atoms with Crippen LogP contribution in [0.2, 0.25) is 0 Å². The van der Waals surface area contributed by atoms with Crippen LogP contribution in [0.5, 0.6) is 0 Å². The number of nitrogens with one attached hydrogen (secondary N) is 1. The van der Waals surface area contributed by atoms with E-state index in [4.69, 9.17) is 9.47 Å². The largest absolute Gasteiger partial charge is 0.508 e. The SMILES string of the molecule is CC(C)(C)OC(=O)OCC1/C=C\CCCC(=O)N1. The molecule has 1 rings (SSSR count). The van der Waals surface area contributed by atoms with Crippen molar-refractivity contribution < 1.29 is 19.1 Å². The van der Waals surface area contributed by atoms with Crippen molar-refractivity contribution in [3.05, 3.63) is 12.2 Å². The van der Waals surface area contributed by atoms with Gasteiger partial charge >= 0.3 is 6.16 Å². The molecule has 0 spiro atoms. The van der Waals surface area contributed by atoms with Crippen LogP contribution >= 0.6 is 0 Å². The highest BCUT2D eigenvalue weighted by molar-refractivity contribution is 5.76. The lowest BCUT2D eigenvalue weighted by molar-refractivity contribution is -0.122. The Bertz CT molecular complexity index is 330. The molecule has 1 unspecified atom stereocenters. The number of carbonyl (C=O) groups is 2. The average molecular weight is 255 g/mol. The molecular weight excluding hydrogens is 234 g/mol. The van der Waals surface area contributed by atoms with Crippen molar-refractivity contribution in [3.63, 3.8) is 0 Å². The maximum absolute atomic E-state index is 11.4. The molecule has 5 heteroatoms. The van der Waals surface area contributed by atoms with E-state index in [1.165, 1.54) is 0 Å². The molecule has 1 amide bonds. The van der Waals surface area contributed by atoms with Gasteiger partial charge in [0, 0.05) is 6.42 Å². The molecule has 0 saturated heterocycles. The van der Waals surface area contributed by atoms with Crippen molar-refractivity contribution >= 4 is 12.1 Å². The lowest BCUT2D eigenvalue weighted by atomic mass is 10.1. The van der Waals surface area contributed by atoms with E-state index in [1.807, 2.05) is 12.2 Å². The van der Waals surface area contributed by atoms with Crippen molar-refractivity contribution in [3.8, 4) is 0 Å². The van der Waals surface area contributed by atoms with Gasteiger partial charge in [-0.25, -0.2) is 4.79 Å². The molecule has 1 aliphatic rings. The molecule has 0 aliphatic carbocycles. The third kappa shape index (κ3) is 6.27. The standard InChI is InChI=1S/C13H21NO4/c1-13(2,3)18-12(16)17-9-10-7-5-4-6-8-11(15)14-10/h5,7,10H,4,6,8-9H2,1-3H3,(H,14,15)/b7-5-. The molecule has 1 N–H and O–H groups in total. The Morgan fingerprint density at radius 3 is 2.89 bits per heavy atom. The first kappa shape index (κ1) is 14.5. The smallest absolute Gasteiger partial charge is 0.432 e. The van der Waals surface area contributed by atoms with Gasteiger partial charge in [-0.05, 0) is 33.6 Å². The normalized spacial score (nSPS) is 22.4. The second-order valence-electron chi connectivity index (χ2n) is 5.27. The molecule has 5 nitrogen and oxygen atoms in total.